The first-order chi connectivity index (χ1) is 14.6. The highest BCUT2D eigenvalue weighted by Gasteiger charge is 2.53. The number of anilines is 2. The Balaban J connectivity index is 1.51. The van der Waals surface area contributed by atoms with E-state index in [0.29, 0.717) is 31.7 Å². The number of hydrogen-bond donors (Lipinski definition) is 1. The van der Waals surface area contributed by atoms with Crippen molar-refractivity contribution in [3.8, 4) is 11.1 Å². The summed E-state index contributed by atoms with van der Waals surface area (Å²) in [6, 6.07) is 21.8. The zero-order chi connectivity index (χ0) is 20.7. The van der Waals surface area contributed by atoms with Gasteiger partial charge in [-0.1, -0.05) is 48.5 Å². The average molecular weight is 399 g/mol. The molecule has 1 saturated heterocycles. The number of nitrogens with zero attached hydrogens (tertiary/aromatic N) is 3. The molecule has 150 valence electrons. The van der Waals surface area contributed by atoms with Gasteiger partial charge in [0.05, 0.1) is 11.1 Å². The molecule has 2 aromatic carbocycles. The zero-order valence-electron chi connectivity index (χ0n) is 16.4. The Kier molecular flexibility index (Phi) is 4.28. The van der Waals surface area contributed by atoms with E-state index in [4.69, 9.17) is 0 Å². The standard InChI is InChI=1S/C24H21N3O3/c28-22-24(12-15-26(16-13-24)23(29)30)20-7-4-14-25-21(20)27(22)19-10-8-18(9-11-19)17-5-2-1-3-6-17/h1-11,14H,12-13,15-16H2,(H,29,30). The van der Waals surface area contributed by atoms with E-state index in [9.17, 15) is 14.7 Å². The van der Waals surface area contributed by atoms with Gasteiger partial charge in [0.15, 0.2) is 0 Å². The van der Waals surface area contributed by atoms with E-state index in [0.717, 1.165) is 22.4 Å². The maximum Gasteiger partial charge on any atom is 0.407 e. The van der Waals surface area contributed by atoms with Gasteiger partial charge in [-0.15, -0.1) is 0 Å². The van der Waals surface area contributed by atoms with Crippen molar-refractivity contribution < 1.29 is 14.7 Å². The first-order valence-corrected chi connectivity index (χ1v) is 10.0. The van der Waals surface area contributed by atoms with Gasteiger partial charge in [0, 0.05) is 24.8 Å². The number of aromatic nitrogens is 1. The monoisotopic (exact) mass is 399 g/mol. The molecule has 0 radical (unpaired) electrons. The zero-order valence-corrected chi connectivity index (χ0v) is 16.4. The number of rotatable bonds is 2. The van der Waals surface area contributed by atoms with Crippen LogP contribution >= 0.6 is 0 Å². The predicted molar refractivity (Wildman–Crippen MR) is 114 cm³/mol. The summed E-state index contributed by atoms with van der Waals surface area (Å²) in [6.45, 7) is 0.687. The van der Waals surface area contributed by atoms with E-state index < -0.39 is 11.5 Å². The number of likely N-dealkylation sites (tertiary alicyclic amines) is 1. The normalized spacial score (nSPS) is 17.3. The summed E-state index contributed by atoms with van der Waals surface area (Å²) in [6.07, 6.45) is 1.70. The van der Waals surface area contributed by atoms with Gasteiger partial charge in [-0.05, 0) is 42.2 Å². The third kappa shape index (κ3) is 2.76. The van der Waals surface area contributed by atoms with Crippen LogP contribution in [0.5, 0.6) is 0 Å². The van der Waals surface area contributed by atoms with Gasteiger partial charge in [-0.3, -0.25) is 9.69 Å². The average Bonchev–Trinajstić information content (AvgIpc) is 3.03. The lowest BCUT2D eigenvalue weighted by atomic mass is 9.74. The van der Waals surface area contributed by atoms with Crippen LogP contribution in [-0.2, 0) is 10.2 Å². The lowest BCUT2D eigenvalue weighted by Gasteiger charge is -2.37. The number of amides is 2. The van der Waals surface area contributed by atoms with Gasteiger partial charge >= 0.3 is 6.09 Å². The van der Waals surface area contributed by atoms with Gasteiger partial charge in [-0.25, -0.2) is 9.78 Å². The first-order valence-electron chi connectivity index (χ1n) is 10.0. The number of carbonyl (C=O) groups is 2. The predicted octanol–water partition coefficient (Wildman–Crippen LogP) is 4.44. The van der Waals surface area contributed by atoms with Crippen molar-refractivity contribution in [1.29, 1.82) is 0 Å². The summed E-state index contributed by atoms with van der Waals surface area (Å²) < 4.78 is 0. The van der Waals surface area contributed by atoms with E-state index in [-0.39, 0.29) is 5.91 Å². The molecule has 2 aliphatic rings. The largest absolute Gasteiger partial charge is 0.465 e. The Morgan fingerprint density at radius 2 is 1.57 bits per heavy atom. The summed E-state index contributed by atoms with van der Waals surface area (Å²) in [5.74, 6) is 0.632. The second-order valence-corrected chi connectivity index (χ2v) is 7.78. The lowest BCUT2D eigenvalue weighted by molar-refractivity contribution is -0.124. The molecule has 0 saturated carbocycles. The summed E-state index contributed by atoms with van der Waals surface area (Å²) >= 11 is 0. The Bertz CT molecular complexity index is 1100. The van der Waals surface area contributed by atoms with Crippen molar-refractivity contribution in [3.05, 3.63) is 78.5 Å². The number of fused-ring (bicyclic) bond motifs is 2. The van der Waals surface area contributed by atoms with Crippen molar-refractivity contribution in [2.75, 3.05) is 18.0 Å². The molecule has 0 unspecified atom stereocenters. The highest BCUT2D eigenvalue weighted by molar-refractivity contribution is 6.12. The van der Waals surface area contributed by atoms with Crippen molar-refractivity contribution in [1.82, 2.24) is 9.88 Å². The minimum Gasteiger partial charge on any atom is -0.465 e. The summed E-state index contributed by atoms with van der Waals surface area (Å²) in [5, 5.41) is 9.30. The van der Waals surface area contributed by atoms with E-state index >= 15 is 0 Å². The second kappa shape index (κ2) is 6.99. The maximum absolute atomic E-state index is 13.7. The molecule has 3 heterocycles. The third-order valence-electron chi connectivity index (χ3n) is 6.25. The molecule has 0 bridgehead atoms. The fraction of sp³-hybridized carbons (Fsp3) is 0.208. The molecule has 2 aliphatic heterocycles. The van der Waals surface area contributed by atoms with Gasteiger partial charge in [0.25, 0.3) is 0 Å². The Morgan fingerprint density at radius 1 is 0.900 bits per heavy atom. The molecule has 1 fully saturated rings. The van der Waals surface area contributed by atoms with Gasteiger partial charge < -0.3 is 10.0 Å². The molecule has 0 aliphatic carbocycles. The highest BCUT2D eigenvalue weighted by atomic mass is 16.4. The van der Waals surface area contributed by atoms with Crippen LogP contribution in [0.4, 0.5) is 16.3 Å². The van der Waals surface area contributed by atoms with E-state index in [1.165, 1.54) is 4.90 Å². The Morgan fingerprint density at radius 3 is 2.23 bits per heavy atom. The van der Waals surface area contributed by atoms with Crippen LogP contribution < -0.4 is 4.90 Å². The number of carbonyl (C=O) groups excluding carboxylic acids is 1. The molecule has 6 nitrogen and oxygen atoms in total. The van der Waals surface area contributed by atoms with Crippen LogP contribution in [0.2, 0.25) is 0 Å². The Labute approximate surface area is 174 Å². The first kappa shape index (κ1) is 18.4. The van der Waals surface area contributed by atoms with Crippen molar-refractivity contribution >= 4 is 23.5 Å². The molecule has 1 N–H and O–H groups in total. The van der Waals surface area contributed by atoms with E-state index in [2.05, 4.69) is 17.1 Å². The molecule has 1 aromatic heterocycles. The van der Waals surface area contributed by atoms with Crippen LogP contribution in [0, 0.1) is 0 Å². The number of pyridine rings is 1. The fourth-order valence-corrected chi connectivity index (χ4v) is 4.61. The highest BCUT2D eigenvalue weighted by Crippen LogP contribution is 2.49. The molecule has 30 heavy (non-hydrogen) atoms. The third-order valence-corrected chi connectivity index (χ3v) is 6.25. The Hall–Kier alpha value is -3.67. The summed E-state index contributed by atoms with van der Waals surface area (Å²) in [7, 11) is 0. The maximum atomic E-state index is 13.7. The molecule has 3 aromatic rings. The molecular formula is C24H21N3O3. The van der Waals surface area contributed by atoms with Gasteiger partial charge in [0.1, 0.15) is 5.82 Å². The SMILES string of the molecule is O=C(O)N1CCC2(CC1)C(=O)N(c1ccc(-c3ccccc3)cc1)c1ncccc12. The smallest absolute Gasteiger partial charge is 0.407 e. The number of carboxylic acid groups (broad SMARTS) is 1. The van der Waals surface area contributed by atoms with Crippen LogP contribution in [-0.4, -0.2) is 40.1 Å². The summed E-state index contributed by atoms with van der Waals surface area (Å²) in [4.78, 5) is 32.6. The molecule has 0 atom stereocenters. The quantitative estimate of drug-likeness (QED) is 0.691. The molecule has 6 heteroatoms. The minimum atomic E-state index is -0.935. The second-order valence-electron chi connectivity index (χ2n) is 7.78. The van der Waals surface area contributed by atoms with Gasteiger partial charge in [0.2, 0.25) is 5.91 Å². The van der Waals surface area contributed by atoms with Crippen LogP contribution in [0.3, 0.4) is 0 Å². The van der Waals surface area contributed by atoms with E-state index in [1.54, 1.807) is 11.1 Å². The van der Waals surface area contributed by atoms with E-state index in [1.807, 2.05) is 54.6 Å². The van der Waals surface area contributed by atoms with Crippen molar-refractivity contribution in [3.63, 3.8) is 0 Å². The number of hydrogen-bond acceptors (Lipinski definition) is 3. The fourth-order valence-electron chi connectivity index (χ4n) is 4.61. The number of piperidine rings is 1. The molecule has 1 spiro atoms. The topological polar surface area (TPSA) is 73.7 Å². The van der Waals surface area contributed by atoms with Crippen LogP contribution in [0.1, 0.15) is 18.4 Å². The minimum absolute atomic E-state index is 0.0197. The molecular weight excluding hydrogens is 378 g/mol. The molecule has 2 amide bonds. The van der Waals surface area contributed by atoms with Crippen molar-refractivity contribution in [2.24, 2.45) is 0 Å². The van der Waals surface area contributed by atoms with Gasteiger partial charge in [-0.2, -0.15) is 0 Å². The lowest BCUT2D eigenvalue weighted by Crippen LogP contribution is -2.49. The van der Waals surface area contributed by atoms with Crippen LogP contribution in [0.15, 0.2) is 72.9 Å². The van der Waals surface area contributed by atoms with Crippen molar-refractivity contribution in [2.45, 2.75) is 18.3 Å². The van der Waals surface area contributed by atoms with Crippen LogP contribution in [0.25, 0.3) is 11.1 Å². The summed E-state index contributed by atoms with van der Waals surface area (Å²) in [5.41, 5.74) is 3.15. The molecule has 5 rings (SSSR count). The number of benzene rings is 2.